The Labute approximate surface area is 96.2 Å². The first-order valence-corrected chi connectivity index (χ1v) is 5.79. The van der Waals surface area contributed by atoms with E-state index < -0.39 is 5.60 Å². The summed E-state index contributed by atoms with van der Waals surface area (Å²) >= 11 is 0. The average molecular weight is 224 g/mol. The van der Waals surface area contributed by atoms with Crippen molar-refractivity contribution in [3.8, 4) is 0 Å². The topological polar surface area (TPSA) is 49.5 Å². The van der Waals surface area contributed by atoms with Crippen LogP contribution in [0.4, 0.5) is 0 Å². The Balaban J connectivity index is 1.95. The molecular formula is C12H20N2O2. The van der Waals surface area contributed by atoms with Crippen LogP contribution in [0.15, 0.2) is 4.52 Å². The molecule has 1 fully saturated rings. The molecule has 2 heterocycles. The summed E-state index contributed by atoms with van der Waals surface area (Å²) in [7, 11) is 0. The van der Waals surface area contributed by atoms with Crippen LogP contribution >= 0.6 is 0 Å². The summed E-state index contributed by atoms with van der Waals surface area (Å²) in [5, 5.41) is 14.1. The molecule has 4 heteroatoms. The van der Waals surface area contributed by atoms with Crippen LogP contribution in [-0.2, 0) is 6.54 Å². The second kappa shape index (κ2) is 3.86. The van der Waals surface area contributed by atoms with E-state index in [4.69, 9.17) is 4.52 Å². The van der Waals surface area contributed by atoms with E-state index in [1.165, 1.54) is 0 Å². The van der Waals surface area contributed by atoms with Crippen molar-refractivity contribution in [2.24, 2.45) is 5.92 Å². The van der Waals surface area contributed by atoms with E-state index in [2.05, 4.69) is 23.9 Å². The molecule has 0 aromatic carbocycles. The van der Waals surface area contributed by atoms with Crippen LogP contribution in [-0.4, -0.2) is 33.9 Å². The highest BCUT2D eigenvalue weighted by Gasteiger charge is 2.43. The van der Waals surface area contributed by atoms with Crippen LogP contribution in [0.5, 0.6) is 0 Å². The molecule has 1 aromatic heterocycles. The number of hydrogen-bond acceptors (Lipinski definition) is 4. The van der Waals surface area contributed by atoms with Crippen LogP contribution in [0, 0.1) is 19.8 Å². The van der Waals surface area contributed by atoms with Gasteiger partial charge in [-0.05, 0) is 19.8 Å². The molecule has 4 nitrogen and oxygen atoms in total. The summed E-state index contributed by atoms with van der Waals surface area (Å²) in [6.45, 7) is 10.3. The van der Waals surface area contributed by atoms with E-state index in [9.17, 15) is 5.11 Å². The number of β-amino-alcohol motifs (C(OH)–C–C–N with tert-alkyl or cyclic N) is 1. The maximum atomic E-state index is 10.1. The summed E-state index contributed by atoms with van der Waals surface area (Å²) in [6, 6.07) is 0. The van der Waals surface area contributed by atoms with E-state index in [1.807, 2.05) is 13.8 Å². The Bertz CT molecular complexity index is 359. The first kappa shape index (κ1) is 11.6. The van der Waals surface area contributed by atoms with Crippen molar-refractivity contribution in [2.75, 3.05) is 13.1 Å². The first-order valence-electron chi connectivity index (χ1n) is 5.79. The predicted molar refractivity (Wildman–Crippen MR) is 61.0 cm³/mol. The van der Waals surface area contributed by atoms with Gasteiger partial charge >= 0.3 is 0 Å². The summed E-state index contributed by atoms with van der Waals surface area (Å²) in [5.74, 6) is 1.20. The molecule has 0 spiro atoms. The third kappa shape index (κ3) is 1.87. The van der Waals surface area contributed by atoms with Gasteiger partial charge in [0.15, 0.2) is 0 Å². The van der Waals surface area contributed by atoms with Gasteiger partial charge in [0.1, 0.15) is 5.76 Å². The number of rotatable bonds is 3. The molecular weight excluding hydrogens is 204 g/mol. The number of likely N-dealkylation sites (tertiary alicyclic amines) is 1. The highest BCUT2D eigenvalue weighted by atomic mass is 16.5. The zero-order chi connectivity index (χ0) is 11.9. The van der Waals surface area contributed by atoms with Gasteiger partial charge in [0.2, 0.25) is 0 Å². The minimum absolute atomic E-state index is 0.313. The van der Waals surface area contributed by atoms with Gasteiger partial charge < -0.3 is 9.63 Å². The zero-order valence-electron chi connectivity index (χ0n) is 10.4. The van der Waals surface area contributed by atoms with Crippen molar-refractivity contribution >= 4 is 0 Å². The lowest BCUT2D eigenvalue weighted by Gasteiger charge is -2.49. The summed E-state index contributed by atoms with van der Waals surface area (Å²) < 4.78 is 5.13. The van der Waals surface area contributed by atoms with Crippen molar-refractivity contribution < 1.29 is 9.63 Å². The maximum Gasteiger partial charge on any atom is 0.138 e. The van der Waals surface area contributed by atoms with Crippen LogP contribution in [0.1, 0.15) is 30.9 Å². The minimum Gasteiger partial charge on any atom is -0.387 e. The molecule has 0 bridgehead atoms. The van der Waals surface area contributed by atoms with Crippen LogP contribution in [0.25, 0.3) is 0 Å². The van der Waals surface area contributed by atoms with E-state index >= 15 is 0 Å². The zero-order valence-corrected chi connectivity index (χ0v) is 10.4. The van der Waals surface area contributed by atoms with Crippen molar-refractivity contribution in [2.45, 2.75) is 39.8 Å². The van der Waals surface area contributed by atoms with E-state index in [0.29, 0.717) is 5.92 Å². The lowest BCUT2D eigenvalue weighted by molar-refractivity contribution is -0.131. The van der Waals surface area contributed by atoms with Gasteiger partial charge in [-0.3, -0.25) is 4.90 Å². The Morgan fingerprint density at radius 1 is 1.44 bits per heavy atom. The molecule has 0 amide bonds. The minimum atomic E-state index is -0.501. The predicted octanol–water partition coefficient (Wildman–Crippen LogP) is 1.49. The van der Waals surface area contributed by atoms with Gasteiger partial charge in [0.25, 0.3) is 0 Å². The third-order valence-electron chi connectivity index (χ3n) is 3.63. The van der Waals surface area contributed by atoms with E-state index in [0.717, 1.165) is 36.7 Å². The van der Waals surface area contributed by atoms with E-state index in [1.54, 1.807) is 0 Å². The molecule has 0 radical (unpaired) electrons. The van der Waals surface area contributed by atoms with Crippen molar-refractivity contribution in [3.63, 3.8) is 0 Å². The third-order valence-corrected chi connectivity index (χ3v) is 3.63. The molecule has 16 heavy (non-hydrogen) atoms. The van der Waals surface area contributed by atoms with Crippen molar-refractivity contribution in [1.82, 2.24) is 10.1 Å². The Morgan fingerprint density at radius 2 is 2.06 bits per heavy atom. The molecule has 1 aliphatic heterocycles. The average Bonchev–Trinajstić information content (AvgIpc) is 2.46. The van der Waals surface area contributed by atoms with Crippen LogP contribution in [0.2, 0.25) is 0 Å². The van der Waals surface area contributed by atoms with Gasteiger partial charge in [0.05, 0.1) is 11.3 Å². The molecule has 90 valence electrons. The van der Waals surface area contributed by atoms with Crippen LogP contribution in [0.3, 0.4) is 0 Å². The Hall–Kier alpha value is -0.870. The number of aryl methyl sites for hydroxylation is 2. The number of aromatic nitrogens is 1. The molecule has 0 unspecified atom stereocenters. The lowest BCUT2D eigenvalue weighted by Crippen LogP contribution is -2.63. The Morgan fingerprint density at radius 3 is 2.50 bits per heavy atom. The van der Waals surface area contributed by atoms with Gasteiger partial charge in [-0.2, -0.15) is 0 Å². The molecule has 1 aliphatic rings. The maximum absolute atomic E-state index is 10.1. The molecule has 0 aliphatic carbocycles. The van der Waals surface area contributed by atoms with Gasteiger partial charge in [0, 0.05) is 25.2 Å². The lowest BCUT2D eigenvalue weighted by atomic mass is 9.83. The second-order valence-corrected chi connectivity index (χ2v) is 5.21. The fourth-order valence-corrected chi connectivity index (χ4v) is 2.16. The fraction of sp³-hybridized carbons (Fsp3) is 0.750. The van der Waals surface area contributed by atoms with Gasteiger partial charge in [-0.25, -0.2) is 0 Å². The molecule has 0 atom stereocenters. The highest BCUT2D eigenvalue weighted by Crippen LogP contribution is 2.30. The fourth-order valence-electron chi connectivity index (χ4n) is 2.16. The molecule has 1 aromatic rings. The van der Waals surface area contributed by atoms with Crippen molar-refractivity contribution in [3.05, 3.63) is 17.0 Å². The first-order chi connectivity index (χ1) is 7.42. The highest BCUT2D eigenvalue weighted by molar-refractivity contribution is 5.21. The summed E-state index contributed by atoms with van der Waals surface area (Å²) in [5.41, 5.74) is 1.61. The summed E-state index contributed by atoms with van der Waals surface area (Å²) in [4.78, 5) is 2.23. The molecule has 1 N–H and O–H groups in total. The van der Waals surface area contributed by atoms with E-state index in [-0.39, 0.29) is 0 Å². The quantitative estimate of drug-likeness (QED) is 0.845. The smallest absolute Gasteiger partial charge is 0.138 e. The molecule has 0 saturated carbocycles. The summed E-state index contributed by atoms with van der Waals surface area (Å²) in [6.07, 6.45) is 0. The molecule has 2 rings (SSSR count). The SMILES string of the molecule is Cc1noc(C)c1CN1CC(O)(C(C)C)C1. The molecule has 1 saturated heterocycles. The van der Waals surface area contributed by atoms with Crippen molar-refractivity contribution in [1.29, 1.82) is 0 Å². The van der Waals surface area contributed by atoms with Crippen LogP contribution < -0.4 is 0 Å². The second-order valence-electron chi connectivity index (χ2n) is 5.21. The van der Waals surface area contributed by atoms with Gasteiger partial charge in [-0.1, -0.05) is 19.0 Å². The standard InChI is InChI=1S/C12H20N2O2/c1-8(2)12(15)6-14(7-12)5-11-9(3)13-16-10(11)4/h8,15H,5-7H2,1-4H3. The number of nitrogens with zero attached hydrogens (tertiary/aromatic N) is 2. The normalized spacial score (nSPS) is 20.1. The largest absolute Gasteiger partial charge is 0.387 e. The van der Waals surface area contributed by atoms with Gasteiger partial charge in [-0.15, -0.1) is 0 Å². The Kier molecular flexibility index (Phi) is 2.80. The number of hydrogen-bond donors (Lipinski definition) is 1. The number of aliphatic hydroxyl groups is 1. The monoisotopic (exact) mass is 224 g/mol.